The molecule has 3 heteroatoms. The monoisotopic (exact) mass is 160 g/mol. The molecule has 9 heavy (non-hydrogen) atoms. The van der Waals surface area contributed by atoms with Crippen molar-refractivity contribution < 1.29 is 4.55 Å². The molecule has 0 amide bonds. The van der Waals surface area contributed by atoms with Crippen LogP contribution in [0.25, 0.3) is 0 Å². The highest BCUT2D eigenvalue weighted by atomic mass is 33.1. The number of terminal acetylenes is 1. The molecule has 0 N–H and O–H groups in total. The van der Waals surface area contributed by atoms with Crippen LogP contribution in [0.3, 0.4) is 0 Å². The minimum Gasteiger partial charge on any atom is -0.605 e. The summed E-state index contributed by atoms with van der Waals surface area (Å²) < 4.78 is 10.8. The fraction of sp³-hybridized carbons (Fsp3) is 0.667. The maximum Gasteiger partial charge on any atom is 0.118 e. The summed E-state index contributed by atoms with van der Waals surface area (Å²) in [5.74, 6) is 3.43. The van der Waals surface area contributed by atoms with Crippen LogP contribution >= 0.6 is 10.8 Å². The van der Waals surface area contributed by atoms with Crippen LogP contribution in [-0.2, 0) is 10.2 Å². The zero-order chi connectivity index (χ0) is 6.69. The maximum atomic E-state index is 10.8. The predicted molar refractivity (Wildman–Crippen MR) is 42.5 cm³/mol. The maximum absolute atomic E-state index is 10.8. The van der Waals surface area contributed by atoms with Crippen molar-refractivity contribution in [2.24, 2.45) is 0 Å². The lowest BCUT2D eigenvalue weighted by atomic mass is 10.2. The summed E-state index contributed by atoms with van der Waals surface area (Å²) in [6.45, 7) is 0. The van der Waals surface area contributed by atoms with E-state index < -0.39 is 10.2 Å². The van der Waals surface area contributed by atoms with E-state index >= 15 is 0 Å². The molecule has 0 aromatic heterocycles. The largest absolute Gasteiger partial charge is 0.605 e. The molecule has 50 valence electrons. The molecule has 1 rings (SSSR count). The summed E-state index contributed by atoms with van der Waals surface area (Å²) >= 11 is 0. The molecular formula is C6H8OS2. The molecule has 1 aliphatic heterocycles. The Hall–Kier alpha value is 0.220. The Bertz CT molecular complexity index is 130. The van der Waals surface area contributed by atoms with E-state index in [1.165, 1.54) is 10.8 Å². The molecule has 0 bridgehead atoms. The summed E-state index contributed by atoms with van der Waals surface area (Å²) in [5.41, 5.74) is 0. The Morgan fingerprint density at radius 2 is 2.56 bits per heavy atom. The molecule has 1 nitrogen and oxygen atoms in total. The Morgan fingerprint density at radius 1 is 1.78 bits per heavy atom. The highest BCUT2D eigenvalue weighted by Crippen LogP contribution is 2.29. The van der Waals surface area contributed by atoms with Gasteiger partial charge in [-0.15, -0.1) is 6.42 Å². The quantitative estimate of drug-likeness (QED) is 0.302. The summed E-state index contributed by atoms with van der Waals surface area (Å²) in [5, 5.41) is 0.208. The van der Waals surface area contributed by atoms with Crippen LogP contribution < -0.4 is 0 Å². The van der Waals surface area contributed by atoms with Crippen LogP contribution in [0.2, 0.25) is 0 Å². The Morgan fingerprint density at radius 3 is 3.00 bits per heavy atom. The second kappa shape index (κ2) is 3.40. The van der Waals surface area contributed by atoms with Crippen LogP contribution in [0.5, 0.6) is 0 Å². The molecule has 0 aromatic rings. The van der Waals surface area contributed by atoms with E-state index in [9.17, 15) is 4.55 Å². The van der Waals surface area contributed by atoms with Gasteiger partial charge in [0.05, 0.1) is 0 Å². The summed E-state index contributed by atoms with van der Waals surface area (Å²) in [6, 6.07) is 0. The van der Waals surface area contributed by atoms with Crippen molar-refractivity contribution in [3.63, 3.8) is 0 Å². The molecule has 0 radical (unpaired) electrons. The predicted octanol–water partition coefficient (Wildman–Crippen LogP) is 1.18. The lowest BCUT2D eigenvalue weighted by Crippen LogP contribution is -2.15. The van der Waals surface area contributed by atoms with Gasteiger partial charge in [-0.1, -0.05) is 5.92 Å². The van der Waals surface area contributed by atoms with Gasteiger partial charge in [-0.05, 0) is 12.8 Å². The Labute approximate surface area is 62.2 Å². The lowest BCUT2D eigenvalue weighted by molar-refractivity contribution is 0.603. The molecule has 0 aromatic carbocycles. The van der Waals surface area contributed by atoms with E-state index in [1.807, 2.05) is 0 Å². The van der Waals surface area contributed by atoms with Gasteiger partial charge in [-0.25, -0.2) is 0 Å². The molecule has 2 atom stereocenters. The van der Waals surface area contributed by atoms with Crippen LogP contribution in [-0.4, -0.2) is 15.6 Å². The van der Waals surface area contributed by atoms with Crippen molar-refractivity contribution in [3.05, 3.63) is 0 Å². The smallest absolute Gasteiger partial charge is 0.118 e. The summed E-state index contributed by atoms with van der Waals surface area (Å²) in [6.07, 6.45) is 7.22. The average Bonchev–Trinajstić information content (AvgIpc) is 1.88. The second-order valence-electron chi connectivity index (χ2n) is 1.90. The summed E-state index contributed by atoms with van der Waals surface area (Å²) in [7, 11) is 0.726. The fourth-order valence-corrected chi connectivity index (χ4v) is 3.67. The third-order valence-electron chi connectivity index (χ3n) is 1.19. The molecule has 1 saturated heterocycles. The van der Waals surface area contributed by atoms with Gasteiger partial charge in [0.1, 0.15) is 21.8 Å². The van der Waals surface area contributed by atoms with Crippen molar-refractivity contribution in [1.82, 2.24) is 0 Å². The van der Waals surface area contributed by atoms with Gasteiger partial charge >= 0.3 is 0 Å². The number of hydrogen-bond acceptors (Lipinski definition) is 2. The van der Waals surface area contributed by atoms with Crippen molar-refractivity contribution in [1.29, 1.82) is 0 Å². The first-order valence-electron chi connectivity index (χ1n) is 2.84. The first-order chi connectivity index (χ1) is 4.33. The van der Waals surface area contributed by atoms with E-state index in [0.717, 1.165) is 18.6 Å². The highest BCUT2D eigenvalue weighted by molar-refractivity contribution is 8.72. The van der Waals surface area contributed by atoms with E-state index in [-0.39, 0.29) is 5.25 Å². The van der Waals surface area contributed by atoms with Crippen LogP contribution in [0.1, 0.15) is 12.8 Å². The number of rotatable bonds is 0. The van der Waals surface area contributed by atoms with Crippen molar-refractivity contribution >= 4 is 21.0 Å². The first-order valence-corrected chi connectivity index (χ1v) is 5.56. The van der Waals surface area contributed by atoms with Gasteiger partial charge < -0.3 is 4.55 Å². The van der Waals surface area contributed by atoms with Gasteiger partial charge in [0, 0.05) is 10.2 Å². The SMILES string of the molecule is C#CC1CCC[S+]([O-])S1. The third kappa shape index (κ3) is 2.13. The minimum atomic E-state index is -0.696. The Balaban J connectivity index is 2.34. The van der Waals surface area contributed by atoms with Gasteiger partial charge in [0.15, 0.2) is 0 Å². The zero-order valence-electron chi connectivity index (χ0n) is 5.00. The molecule has 1 heterocycles. The molecular weight excluding hydrogens is 152 g/mol. The van der Waals surface area contributed by atoms with Gasteiger partial charge in [-0.2, -0.15) is 0 Å². The fourth-order valence-electron chi connectivity index (χ4n) is 0.723. The minimum absolute atomic E-state index is 0.208. The highest BCUT2D eigenvalue weighted by Gasteiger charge is 2.22. The Kier molecular flexibility index (Phi) is 2.77. The third-order valence-corrected chi connectivity index (χ3v) is 4.47. The summed E-state index contributed by atoms with van der Waals surface area (Å²) in [4.78, 5) is 0. The molecule has 1 aliphatic rings. The zero-order valence-corrected chi connectivity index (χ0v) is 6.63. The molecule has 0 aliphatic carbocycles. The van der Waals surface area contributed by atoms with Gasteiger partial charge in [0.25, 0.3) is 0 Å². The van der Waals surface area contributed by atoms with Crippen LogP contribution in [0.15, 0.2) is 0 Å². The second-order valence-corrected chi connectivity index (χ2v) is 5.37. The van der Waals surface area contributed by atoms with Crippen LogP contribution in [0, 0.1) is 12.3 Å². The van der Waals surface area contributed by atoms with Crippen LogP contribution in [0.4, 0.5) is 0 Å². The molecule has 2 unspecified atom stereocenters. The lowest BCUT2D eigenvalue weighted by Gasteiger charge is -2.17. The van der Waals surface area contributed by atoms with Gasteiger partial charge in [-0.3, -0.25) is 0 Å². The van der Waals surface area contributed by atoms with E-state index in [1.54, 1.807) is 0 Å². The molecule has 0 spiro atoms. The normalized spacial score (nSPS) is 35.6. The van der Waals surface area contributed by atoms with Crippen molar-refractivity contribution in [2.45, 2.75) is 18.1 Å². The van der Waals surface area contributed by atoms with E-state index in [4.69, 9.17) is 6.42 Å². The first kappa shape index (κ1) is 7.33. The van der Waals surface area contributed by atoms with Crippen molar-refractivity contribution in [2.75, 3.05) is 5.75 Å². The average molecular weight is 160 g/mol. The standard InChI is InChI=1S/C6H8OS2/c1-2-6-4-3-5-9(7)8-6/h1,6H,3-5H2. The van der Waals surface area contributed by atoms with E-state index in [0.29, 0.717) is 0 Å². The van der Waals surface area contributed by atoms with E-state index in [2.05, 4.69) is 5.92 Å². The topological polar surface area (TPSA) is 23.1 Å². The number of hydrogen-bond donors (Lipinski definition) is 0. The molecule has 1 fully saturated rings. The van der Waals surface area contributed by atoms with Crippen molar-refractivity contribution in [3.8, 4) is 12.3 Å². The molecule has 0 saturated carbocycles. The van der Waals surface area contributed by atoms with Gasteiger partial charge in [0.2, 0.25) is 0 Å².